The van der Waals surface area contributed by atoms with E-state index in [0.717, 1.165) is 35.2 Å². The predicted molar refractivity (Wildman–Crippen MR) is 120 cm³/mol. The second kappa shape index (κ2) is 8.20. The van der Waals surface area contributed by atoms with Gasteiger partial charge in [-0.1, -0.05) is 59.9 Å². The number of amides is 1. The Balaban J connectivity index is 1.48. The third-order valence-electron chi connectivity index (χ3n) is 4.58. The monoisotopic (exact) mass is 408 g/mol. The van der Waals surface area contributed by atoms with Crippen molar-refractivity contribution in [3.05, 3.63) is 70.8 Å². The smallest absolute Gasteiger partial charge is 0.263 e. The van der Waals surface area contributed by atoms with Crippen molar-refractivity contribution < 1.29 is 9.53 Å². The molecule has 0 bridgehead atoms. The second-order valence-corrected chi connectivity index (χ2v) is 8.38. The van der Waals surface area contributed by atoms with Crippen molar-refractivity contribution >= 4 is 51.2 Å². The first kappa shape index (κ1) is 18.8. The number of aryl methyl sites for hydroxylation is 2. The van der Waals surface area contributed by atoms with Gasteiger partial charge >= 0.3 is 0 Å². The van der Waals surface area contributed by atoms with E-state index >= 15 is 0 Å². The Labute approximate surface area is 173 Å². The molecule has 1 fully saturated rings. The van der Waals surface area contributed by atoms with E-state index in [4.69, 9.17) is 17.0 Å². The topological polar surface area (TPSA) is 43.3 Å². The number of carbonyl (C=O) groups excluding carboxylic acids is 1. The summed E-state index contributed by atoms with van der Waals surface area (Å²) in [5.41, 5.74) is 3.40. The van der Waals surface area contributed by atoms with E-state index in [-0.39, 0.29) is 5.91 Å². The Morgan fingerprint density at radius 3 is 2.71 bits per heavy atom. The molecule has 0 atom stereocenters. The highest BCUT2D eigenvalue weighted by Gasteiger charge is 2.22. The van der Waals surface area contributed by atoms with Gasteiger partial charge in [-0.2, -0.15) is 0 Å². The summed E-state index contributed by atoms with van der Waals surface area (Å²) in [6.45, 7) is 3.56. The second-order valence-electron chi connectivity index (χ2n) is 6.66. The summed E-state index contributed by atoms with van der Waals surface area (Å²) >= 11 is 6.39. The molecular weight excluding hydrogens is 388 g/mol. The average Bonchev–Trinajstić information content (AvgIpc) is 3.20. The number of ether oxygens (including phenoxy) is 1. The molecule has 1 aromatic heterocycles. The Kier molecular flexibility index (Phi) is 5.50. The zero-order chi connectivity index (χ0) is 19.5. The summed E-state index contributed by atoms with van der Waals surface area (Å²) in [5, 5.41) is 3.79. The molecule has 0 radical (unpaired) electrons. The summed E-state index contributed by atoms with van der Waals surface area (Å²) in [6.07, 6.45) is 4.90. The molecule has 28 heavy (non-hydrogen) atoms. The Hall–Kier alpha value is -2.57. The number of para-hydroxylation sites is 1. The SMILES string of the molecule is Cc1ccc(OCCCn2cc(C=C3SC(=S)NC3=O)c3ccccc32)cc1. The molecule has 3 aromatic rings. The third-order valence-corrected chi connectivity index (χ3v) is 5.74. The molecule has 1 N–H and O–H groups in total. The standard InChI is InChI=1S/C22H20N2O2S2/c1-15-7-9-17(10-8-15)26-12-4-11-24-14-16(18-5-2-3-6-19(18)24)13-20-21(25)23-22(27)28-20/h2-3,5-10,13-14H,4,11-12H2,1H3,(H,23,25,27). The molecule has 2 heterocycles. The number of thioether (sulfide) groups is 1. The number of benzene rings is 2. The fourth-order valence-corrected chi connectivity index (χ4v) is 4.23. The Bertz CT molecular complexity index is 1070. The number of hydrogen-bond donors (Lipinski definition) is 1. The van der Waals surface area contributed by atoms with Gasteiger partial charge in [-0.05, 0) is 37.6 Å². The van der Waals surface area contributed by atoms with Crippen molar-refractivity contribution in [1.29, 1.82) is 0 Å². The van der Waals surface area contributed by atoms with E-state index in [2.05, 4.69) is 47.3 Å². The molecule has 142 valence electrons. The lowest BCUT2D eigenvalue weighted by Gasteiger charge is -2.08. The number of hydrogen-bond acceptors (Lipinski definition) is 4. The van der Waals surface area contributed by atoms with Gasteiger partial charge in [0.2, 0.25) is 0 Å². The lowest BCUT2D eigenvalue weighted by atomic mass is 10.1. The number of rotatable bonds is 6. The van der Waals surface area contributed by atoms with Crippen LogP contribution in [0.5, 0.6) is 5.75 Å². The van der Waals surface area contributed by atoms with Crippen molar-refractivity contribution in [1.82, 2.24) is 9.88 Å². The summed E-state index contributed by atoms with van der Waals surface area (Å²) in [4.78, 5) is 12.6. The van der Waals surface area contributed by atoms with Crippen LogP contribution in [0.15, 0.2) is 59.6 Å². The number of nitrogens with one attached hydrogen (secondary N) is 1. The van der Waals surface area contributed by atoms with Gasteiger partial charge in [-0.15, -0.1) is 0 Å². The van der Waals surface area contributed by atoms with E-state index in [1.165, 1.54) is 17.3 Å². The zero-order valence-electron chi connectivity index (χ0n) is 15.5. The van der Waals surface area contributed by atoms with Crippen LogP contribution in [0, 0.1) is 6.92 Å². The van der Waals surface area contributed by atoms with Crippen LogP contribution in [0.4, 0.5) is 0 Å². The molecule has 1 amide bonds. The highest BCUT2D eigenvalue weighted by atomic mass is 32.2. The van der Waals surface area contributed by atoms with Crippen LogP contribution in [0.1, 0.15) is 17.5 Å². The van der Waals surface area contributed by atoms with E-state index in [1.807, 2.05) is 30.3 Å². The molecule has 2 aromatic carbocycles. The maximum absolute atomic E-state index is 12.0. The normalized spacial score (nSPS) is 15.4. The van der Waals surface area contributed by atoms with Crippen molar-refractivity contribution in [3.8, 4) is 5.75 Å². The van der Waals surface area contributed by atoms with Crippen molar-refractivity contribution in [2.45, 2.75) is 19.9 Å². The maximum atomic E-state index is 12.0. The predicted octanol–water partition coefficient (Wildman–Crippen LogP) is 4.91. The van der Waals surface area contributed by atoms with Crippen LogP contribution in [-0.4, -0.2) is 21.4 Å². The lowest BCUT2D eigenvalue weighted by molar-refractivity contribution is -0.115. The van der Waals surface area contributed by atoms with Crippen LogP contribution in [0.25, 0.3) is 17.0 Å². The lowest BCUT2D eigenvalue weighted by Crippen LogP contribution is -2.17. The molecule has 1 saturated heterocycles. The minimum absolute atomic E-state index is 0.127. The van der Waals surface area contributed by atoms with Crippen molar-refractivity contribution in [3.63, 3.8) is 0 Å². The van der Waals surface area contributed by atoms with Gasteiger partial charge < -0.3 is 14.6 Å². The van der Waals surface area contributed by atoms with Gasteiger partial charge in [0.05, 0.1) is 11.5 Å². The maximum Gasteiger partial charge on any atom is 0.263 e. The number of nitrogens with zero attached hydrogens (tertiary/aromatic N) is 1. The molecule has 0 spiro atoms. The van der Waals surface area contributed by atoms with Gasteiger partial charge in [-0.3, -0.25) is 4.79 Å². The molecule has 4 nitrogen and oxygen atoms in total. The first-order valence-corrected chi connectivity index (χ1v) is 10.3. The van der Waals surface area contributed by atoms with Crippen LogP contribution in [-0.2, 0) is 11.3 Å². The number of fused-ring (bicyclic) bond motifs is 1. The van der Waals surface area contributed by atoms with Crippen LogP contribution < -0.4 is 10.1 Å². The van der Waals surface area contributed by atoms with Crippen molar-refractivity contribution in [2.75, 3.05) is 6.61 Å². The highest BCUT2D eigenvalue weighted by molar-refractivity contribution is 8.26. The molecule has 1 aliphatic heterocycles. The number of thiocarbonyl (C=S) groups is 1. The van der Waals surface area contributed by atoms with Gasteiger partial charge in [0.15, 0.2) is 0 Å². The van der Waals surface area contributed by atoms with Gasteiger partial charge in [0.1, 0.15) is 10.1 Å². The fraction of sp³-hybridized carbons (Fsp3) is 0.182. The fourth-order valence-electron chi connectivity index (χ4n) is 3.20. The molecule has 0 aliphatic carbocycles. The zero-order valence-corrected chi connectivity index (χ0v) is 17.1. The van der Waals surface area contributed by atoms with Crippen LogP contribution >= 0.6 is 24.0 Å². The Morgan fingerprint density at radius 1 is 1.18 bits per heavy atom. The van der Waals surface area contributed by atoms with E-state index in [1.54, 1.807) is 0 Å². The summed E-state index contributed by atoms with van der Waals surface area (Å²) in [7, 11) is 0. The first-order chi connectivity index (χ1) is 13.6. The van der Waals surface area contributed by atoms with Gasteiger partial charge in [0, 0.05) is 29.2 Å². The van der Waals surface area contributed by atoms with Crippen LogP contribution in [0.2, 0.25) is 0 Å². The highest BCUT2D eigenvalue weighted by Crippen LogP contribution is 2.30. The van der Waals surface area contributed by atoms with Crippen LogP contribution in [0.3, 0.4) is 0 Å². The van der Waals surface area contributed by atoms with Gasteiger partial charge in [-0.25, -0.2) is 0 Å². The van der Waals surface area contributed by atoms with E-state index < -0.39 is 0 Å². The minimum Gasteiger partial charge on any atom is -0.494 e. The molecule has 0 unspecified atom stereocenters. The van der Waals surface area contributed by atoms with E-state index in [9.17, 15) is 4.79 Å². The molecular formula is C22H20N2O2S2. The number of carbonyl (C=O) groups is 1. The van der Waals surface area contributed by atoms with Crippen molar-refractivity contribution in [2.24, 2.45) is 0 Å². The first-order valence-electron chi connectivity index (χ1n) is 9.12. The largest absolute Gasteiger partial charge is 0.494 e. The molecule has 4 rings (SSSR count). The molecule has 0 saturated carbocycles. The van der Waals surface area contributed by atoms with E-state index in [0.29, 0.717) is 15.8 Å². The summed E-state index contributed by atoms with van der Waals surface area (Å²) in [5.74, 6) is 0.770. The summed E-state index contributed by atoms with van der Waals surface area (Å²) in [6, 6.07) is 16.3. The average molecular weight is 409 g/mol. The molecule has 6 heteroatoms. The minimum atomic E-state index is -0.127. The van der Waals surface area contributed by atoms with Gasteiger partial charge in [0.25, 0.3) is 5.91 Å². The number of aromatic nitrogens is 1. The quantitative estimate of drug-likeness (QED) is 0.358. The third kappa shape index (κ3) is 4.13. The molecule has 1 aliphatic rings. The Morgan fingerprint density at radius 2 is 1.96 bits per heavy atom. The summed E-state index contributed by atoms with van der Waals surface area (Å²) < 4.78 is 8.57.